The molecule has 0 saturated heterocycles. The van der Waals surface area contributed by atoms with Crippen molar-refractivity contribution in [2.24, 2.45) is 0 Å². The van der Waals surface area contributed by atoms with Crippen molar-refractivity contribution in [3.05, 3.63) is 24.3 Å². The summed E-state index contributed by atoms with van der Waals surface area (Å²) in [4.78, 5) is 4.28. The molecule has 1 N–H and O–H groups in total. The SMILES string of the molecule is CCOCCNc1nc2ccccc2o1. The summed E-state index contributed by atoms with van der Waals surface area (Å²) in [6.45, 7) is 4.07. The zero-order chi connectivity index (χ0) is 10.5. The summed E-state index contributed by atoms with van der Waals surface area (Å²) in [7, 11) is 0. The Morgan fingerprint density at radius 3 is 3.07 bits per heavy atom. The topological polar surface area (TPSA) is 47.3 Å². The predicted octanol–water partition coefficient (Wildman–Crippen LogP) is 2.28. The minimum atomic E-state index is 0.552. The van der Waals surface area contributed by atoms with Crippen LogP contribution in [0.15, 0.2) is 28.7 Å². The second-order valence-corrected chi connectivity index (χ2v) is 3.11. The van der Waals surface area contributed by atoms with Crippen molar-refractivity contribution in [1.29, 1.82) is 0 Å². The third-order valence-corrected chi connectivity index (χ3v) is 2.02. The Balaban J connectivity index is 1.97. The van der Waals surface area contributed by atoms with E-state index in [9.17, 15) is 0 Å². The highest BCUT2D eigenvalue weighted by Gasteiger charge is 2.02. The number of benzene rings is 1. The van der Waals surface area contributed by atoms with Crippen molar-refractivity contribution in [2.75, 3.05) is 25.1 Å². The van der Waals surface area contributed by atoms with Gasteiger partial charge in [0.25, 0.3) is 6.01 Å². The fourth-order valence-electron chi connectivity index (χ4n) is 1.32. The highest BCUT2D eigenvalue weighted by atomic mass is 16.5. The average molecular weight is 206 g/mol. The van der Waals surface area contributed by atoms with Gasteiger partial charge in [-0.25, -0.2) is 0 Å². The molecule has 1 aromatic heterocycles. The number of hydrogen-bond donors (Lipinski definition) is 1. The molecule has 0 aliphatic carbocycles. The van der Waals surface area contributed by atoms with Gasteiger partial charge >= 0.3 is 0 Å². The molecule has 0 fully saturated rings. The maximum Gasteiger partial charge on any atom is 0.295 e. The number of anilines is 1. The second-order valence-electron chi connectivity index (χ2n) is 3.11. The Kier molecular flexibility index (Phi) is 3.19. The maximum atomic E-state index is 5.47. The van der Waals surface area contributed by atoms with Crippen molar-refractivity contribution < 1.29 is 9.15 Å². The Labute approximate surface area is 88.3 Å². The summed E-state index contributed by atoms with van der Waals surface area (Å²) in [5.74, 6) is 0. The summed E-state index contributed by atoms with van der Waals surface area (Å²) in [6, 6.07) is 8.24. The Bertz CT molecular complexity index is 392. The van der Waals surface area contributed by atoms with Crippen LogP contribution in [0.4, 0.5) is 6.01 Å². The number of rotatable bonds is 5. The molecule has 4 nitrogen and oxygen atoms in total. The van der Waals surface area contributed by atoms with E-state index in [-0.39, 0.29) is 0 Å². The minimum Gasteiger partial charge on any atom is -0.424 e. The van der Waals surface area contributed by atoms with Crippen molar-refractivity contribution in [1.82, 2.24) is 4.98 Å². The van der Waals surface area contributed by atoms with E-state index in [4.69, 9.17) is 9.15 Å². The van der Waals surface area contributed by atoms with Gasteiger partial charge in [0, 0.05) is 13.2 Å². The highest BCUT2D eigenvalue weighted by Crippen LogP contribution is 2.17. The summed E-state index contributed by atoms with van der Waals surface area (Å²) in [6.07, 6.45) is 0. The number of nitrogens with zero attached hydrogens (tertiary/aromatic N) is 1. The molecule has 4 heteroatoms. The zero-order valence-electron chi connectivity index (χ0n) is 8.69. The maximum absolute atomic E-state index is 5.47. The molecule has 80 valence electrons. The number of fused-ring (bicyclic) bond motifs is 1. The van der Waals surface area contributed by atoms with Gasteiger partial charge in [0.15, 0.2) is 5.58 Å². The van der Waals surface area contributed by atoms with Crippen LogP contribution in [0.1, 0.15) is 6.92 Å². The van der Waals surface area contributed by atoms with Crippen LogP contribution in [-0.4, -0.2) is 24.7 Å². The Morgan fingerprint density at radius 2 is 2.27 bits per heavy atom. The van der Waals surface area contributed by atoms with E-state index in [0.29, 0.717) is 19.2 Å². The van der Waals surface area contributed by atoms with Gasteiger partial charge in [0.2, 0.25) is 0 Å². The molecular formula is C11H14N2O2. The van der Waals surface area contributed by atoms with Crippen molar-refractivity contribution in [2.45, 2.75) is 6.92 Å². The first-order valence-electron chi connectivity index (χ1n) is 5.07. The lowest BCUT2D eigenvalue weighted by Gasteiger charge is -2.00. The van der Waals surface area contributed by atoms with Crippen molar-refractivity contribution in [3.63, 3.8) is 0 Å². The first-order valence-corrected chi connectivity index (χ1v) is 5.07. The molecule has 0 radical (unpaired) electrons. The van der Waals surface area contributed by atoms with Gasteiger partial charge in [-0.15, -0.1) is 0 Å². The lowest BCUT2D eigenvalue weighted by atomic mass is 10.3. The summed E-state index contributed by atoms with van der Waals surface area (Å²) in [5.41, 5.74) is 1.67. The molecule has 0 amide bonds. The van der Waals surface area contributed by atoms with Crippen LogP contribution in [0.2, 0.25) is 0 Å². The normalized spacial score (nSPS) is 10.7. The van der Waals surface area contributed by atoms with E-state index >= 15 is 0 Å². The molecule has 0 unspecified atom stereocenters. The van der Waals surface area contributed by atoms with E-state index in [1.165, 1.54) is 0 Å². The van der Waals surface area contributed by atoms with Crippen LogP contribution in [0.3, 0.4) is 0 Å². The van der Waals surface area contributed by atoms with Gasteiger partial charge in [-0.2, -0.15) is 4.98 Å². The summed E-state index contributed by atoms with van der Waals surface area (Å²) in [5, 5.41) is 3.07. The van der Waals surface area contributed by atoms with E-state index in [2.05, 4.69) is 10.3 Å². The van der Waals surface area contributed by atoms with Crippen LogP contribution in [0.25, 0.3) is 11.1 Å². The third kappa shape index (κ3) is 2.47. The van der Waals surface area contributed by atoms with Gasteiger partial charge in [0.05, 0.1) is 6.61 Å². The van der Waals surface area contributed by atoms with Gasteiger partial charge < -0.3 is 14.5 Å². The molecule has 0 aliphatic heterocycles. The highest BCUT2D eigenvalue weighted by molar-refractivity contribution is 5.74. The monoisotopic (exact) mass is 206 g/mol. The largest absolute Gasteiger partial charge is 0.424 e. The molecule has 2 aromatic rings. The number of oxazole rings is 1. The smallest absolute Gasteiger partial charge is 0.295 e. The van der Waals surface area contributed by atoms with Gasteiger partial charge in [-0.05, 0) is 19.1 Å². The van der Waals surface area contributed by atoms with E-state index in [1.807, 2.05) is 31.2 Å². The summed E-state index contributed by atoms with van der Waals surface area (Å²) < 4.78 is 10.7. The quantitative estimate of drug-likeness (QED) is 0.762. The number of ether oxygens (including phenoxy) is 1. The van der Waals surface area contributed by atoms with Crippen molar-refractivity contribution in [3.8, 4) is 0 Å². The molecule has 1 aromatic carbocycles. The molecule has 0 saturated carbocycles. The number of para-hydroxylation sites is 2. The van der Waals surface area contributed by atoms with Crippen LogP contribution >= 0.6 is 0 Å². The predicted molar refractivity (Wildman–Crippen MR) is 59.0 cm³/mol. The number of nitrogens with one attached hydrogen (secondary N) is 1. The van der Waals surface area contributed by atoms with E-state index in [1.54, 1.807) is 0 Å². The molecule has 0 spiro atoms. The lowest BCUT2D eigenvalue weighted by Crippen LogP contribution is -2.09. The standard InChI is InChI=1S/C11H14N2O2/c1-2-14-8-7-12-11-13-9-5-3-4-6-10(9)15-11/h3-6H,2,7-8H2,1H3,(H,12,13). The van der Waals surface area contributed by atoms with Gasteiger partial charge in [0.1, 0.15) is 5.52 Å². The fraction of sp³-hybridized carbons (Fsp3) is 0.364. The molecule has 0 bridgehead atoms. The van der Waals surface area contributed by atoms with Gasteiger partial charge in [-0.1, -0.05) is 12.1 Å². The average Bonchev–Trinajstić information content (AvgIpc) is 2.67. The molecule has 0 aliphatic rings. The minimum absolute atomic E-state index is 0.552. The van der Waals surface area contributed by atoms with Crippen LogP contribution in [-0.2, 0) is 4.74 Å². The number of hydrogen-bond acceptors (Lipinski definition) is 4. The third-order valence-electron chi connectivity index (χ3n) is 2.02. The first kappa shape index (κ1) is 9.98. The first-order chi connectivity index (χ1) is 7.40. The molecule has 1 heterocycles. The van der Waals surface area contributed by atoms with E-state index in [0.717, 1.165) is 17.7 Å². The van der Waals surface area contributed by atoms with Gasteiger partial charge in [-0.3, -0.25) is 0 Å². The van der Waals surface area contributed by atoms with E-state index < -0.39 is 0 Å². The Hall–Kier alpha value is -1.55. The van der Waals surface area contributed by atoms with Crippen LogP contribution in [0, 0.1) is 0 Å². The molecular weight excluding hydrogens is 192 g/mol. The molecule has 0 atom stereocenters. The van der Waals surface area contributed by atoms with Crippen LogP contribution < -0.4 is 5.32 Å². The number of aromatic nitrogens is 1. The zero-order valence-corrected chi connectivity index (χ0v) is 8.69. The summed E-state index contributed by atoms with van der Waals surface area (Å²) >= 11 is 0. The lowest BCUT2D eigenvalue weighted by molar-refractivity contribution is 0.157. The molecule has 15 heavy (non-hydrogen) atoms. The Morgan fingerprint density at radius 1 is 1.40 bits per heavy atom. The van der Waals surface area contributed by atoms with Crippen LogP contribution in [0.5, 0.6) is 0 Å². The second kappa shape index (κ2) is 4.79. The fourth-order valence-corrected chi connectivity index (χ4v) is 1.32. The molecule has 2 rings (SSSR count). The van der Waals surface area contributed by atoms with Crippen molar-refractivity contribution >= 4 is 17.1 Å².